The highest BCUT2D eigenvalue weighted by Crippen LogP contribution is 2.23. The molecule has 0 saturated carbocycles. The normalized spacial score (nSPS) is 14.7. The maximum absolute atomic E-state index is 13.1. The van der Waals surface area contributed by atoms with Crippen molar-refractivity contribution < 1.29 is 23.9 Å². The Morgan fingerprint density at radius 3 is 2.50 bits per heavy atom. The number of carbonyl (C=O) groups excluding carboxylic acids is 2. The molecule has 1 aromatic heterocycles. The molecule has 0 aliphatic carbocycles. The van der Waals surface area contributed by atoms with Gasteiger partial charge < -0.3 is 14.9 Å². The largest absolute Gasteiger partial charge is 0.481 e. The first-order valence-corrected chi connectivity index (χ1v) is 8.92. The van der Waals surface area contributed by atoms with Gasteiger partial charge in [0.25, 0.3) is 5.91 Å². The summed E-state index contributed by atoms with van der Waals surface area (Å²) >= 11 is 0. The molecule has 1 aromatic carbocycles. The summed E-state index contributed by atoms with van der Waals surface area (Å²) in [6, 6.07) is 5.66. The van der Waals surface area contributed by atoms with E-state index in [1.54, 1.807) is 4.90 Å². The zero-order valence-corrected chi connectivity index (χ0v) is 15.4. The van der Waals surface area contributed by atoms with E-state index in [2.05, 4.69) is 10.2 Å². The Hall–Kier alpha value is -3.23. The molecular formula is C19H21FN4O4. The molecule has 0 radical (unpaired) electrons. The number of likely N-dealkylation sites (N-methyl/N-ethyl adjacent to an activating group) is 1. The van der Waals surface area contributed by atoms with Crippen LogP contribution in [0.2, 0.25) is 0 Å². The van der Waals surface area contributed by atoms with Gasteiger partial charge in [-0.3, -0.25) is 19.5 Å². The molecule has 0 unspecified atom stereocenters. The van der Waals surface area contributed by atoms with Gasteiger partial charge in [0.1, 0.15) is 5.82 Å². The van der Waals surface area contributed by atoms with Crippen LogP contribution in [0.25, 0.3) is 11.3 Å². The second-order valence-corrected chi connectivity index (χ2v) is 6.82. The lowest BCUT2D eigenvalue weighted by atomic mass is 9.97. The van der Waals surface area contributed by atoms with Gasteiger partial charge >= 0.3 is 5.97 Å². The zero-order valence-electron chi connectivity index (χ0n) is 15.4. The van der Waals surface area contributed by atoms with Crippen LogP contribution in [0.3, 0.4) is 0 Å². The topological polar surface area (TPSA) is 107 Å². The Morgan fingerprint density at radius 2 is 1.89 bits per heavy atom. The number of nitrogens with zero attached hydrogens (tertiary/aromatic N) is 3. The van der Waals surface area contributed by atoms with Gasteiger partial charge in [-0.2, -0.15) is 5.10 Å². The van der Waals surface area contributed by atoms with Gasteiger partial charge in [-0.15, -0.1) is 0 Å². The molecule has 0 spiro atoms. The number of carbonyl (C=O) groups is 3. The summed E-state index contributed by atoms with van der Waals surface area (Å²) in [7, 11) is 1.52. The van der Waals surface area contributed by atoms with Crippen LogP contribution >= 0.6 is 0 Å². The van der Waals surface area contributed by atoms with Crippen molar-refractivity contribution in [3.8, 4) is 11.3 Å². The number of aliphatic carboxylic acids is 1. The average molecular weight is 388 g/mol. The van der Waals surface area contributed by atoms with Crippen molar-refractivity contribution in [2.24, 2.45) is 5.92 Å². The number of hydrogen-bond acceptors (Lipinski definition) is 4. The lowest BCUT2D eigenvalue weighted by molar-refractivity contribution is -0.145. The number of rotatable bonds is 5. The van der Waals surface area contributed by atoms with Crippen molar-refractivity contribution in [3.63, 3.8) is 0 Å². The molecule has 2 aromatic rings. The molecule has 2 amide bonds. The number of hydrogen-bond donors (Lipinski definition) is 2. The minimum absolute atomic E-state index is 0.120. The molecule has 8 nitrogen and oxygen atoms in total. The molecule has 1 fully saturated rings. The summed E-state index contributed by atoms with van der Waals surface area (Å²) in [5, 5.41) is 15.7. The molecule has 1 saturated heterocycles. The number of amides is 2. The highest BCUT2D eigenvalue weighted by Gasteiger charge is 2.28. The first-order valence-electron chi connectivity index (χ1n) is 8.92. The summed E-state index contributed by atoms with van der Waals surface area (Å²) in [6.45, 7) is 0.610. The van der Waals surface area contributed by atoms with E-state index in [1.165, 1.54) is 42.4 Å². The molecule has 0 atom stereocenters. The number of benzene rings is 1. The summed E-state index contributed by atoms with van der Waals surface area (Å²) in [5.74, 6) is -2.26. The lowest BCUT2D eigenvalue weighted by Gasteiger charge is -2.31. The number of carboxylic acid groups (broad SMARTS) is 1. The van der Waals surface area contributed by atoms with Crippen molar-refractivity contribution in [3.05, 3.63) is 41.8 Å². The highest BCUT2D eigenvalue weighted by molar-refractivity contribution is 6.01. The third-order valence-electron chi connectivity index (χ3n) is 4.92. The van der Waals surface area contributed by atoms with Crippen molar-refractivity contribution in [1.29, 1.82) is 0 Å². The Labute approximate surface area is 160 Å². The van der Waals surface area contributed by atoms with E-state index >= 15 is 0 Å². The number of nitrogens with one attached hydrogen (secondary N) is 1. The predicted molar refractivity (Wildman–Crippen MR) is 97.9 cm³/mol. The Bertz CT molecular complexity index is 872. The van der Waals surface area contributed by atoms with Crippen LogP contribution in [0.15, 0.2) is 30.5 Å². The summed E-state index contributed by atoms with van der Waals surface area (Å²) in [4.78, 5) is 39.1. The van der Waals surface area contributed by atoms with Gasteiger partial charge in [-0.05, 0) is 37.1 Å². The maximum atomic E-state index is 13.1. The van der Waals surface area contributed by atoms with Crippen LogP contribution in [-0.2, 0) is 9.59 Å². The molecule has 28 heavy (non-hydrogen) atoms. The van der Waals surface area contributed by atoms with Crippen molar-refractivity contribution >= 4 is 17.8 Å². The van der Waals surface area contributed by atoms with Gasteiger partial charge in [-0.25, -0.2) is 4.39 Å². The van der Waals surface area contributed by atoms with Gasteiger partial charge in [0.15, 0.2) is 0 Å². The van der Waals surface area contributed by atoms with E-state index in [0.717, 1.165) is 0 Å². The minimum atomic E-state index is -0.840. The van der Waals surface area contributed by atoms with E-state index in [1.807, 2.05) is 0 Å². The van der Waals surface area contributed by atoms with Crippen molar-refractivity contribution in [1.82, 2.24) is 20.0 Å². The number of aromatic amines is 1. The third-order valence-corrected chi connectivity index (χ3v) is 4.92. The second-order valence-electron chi connectivity index (χ2n) is 6.82. The summed E-state index contributed by atoms with van der Waals surface area (Å²) < 4.78 is 13.1. The van der Waals surface area contributed by atoms with Crippen molar-refractivity contribution in [2.45, 2.75) is 12.8 Å². The fourth-order valence-corrected chi connectivity index (χ4v) is 3.24. The van der Waals surface area contributed by atoms with Crippen LogP contribution < -0.4 is 0 Å². The number of carboxylic acids is 1. The SMILES string of the molecule is CN(CC(=O)N1CCC(C(=O)O)CC1)C(=O)c1cn[nH]c1-c1ccc(F)cc1. The predicted octanol–water partition coefficient (Wildman–Crippen LogP) is 1.61. The summed E-state index contributed by atoms with van der Waals surface area (Å²) in [6.07, 6.45) is 2.20. The third kappa shape index (κ3) is 4.19. The zero-order chi connectivity index (χ0) is 20.3. The molecule has 2 heterocycles. The number of aromatic nitrogens is 2. The molecule has 1 aliphatic heterocycles. The minimum Gasteiger partial charge on any atom is -0.481 e. The van der Waals surface area contributed by atoms with Crippen LogP contribution in [0.5, 0.6) is 0 Å². The van der Waals surface area contributed by atoms with Gasteiger partial charge in [-0.1, -0.05) is 0 Å². The Morgan fingerprint density at radius 1 is 1.25 bits per heavy atom. The van der Waals surface area contributed by atoms with Gasteiger partial charge in [0.2, 0.25) is 5.91 Å². The molecule has 0 bridgehead atoms. The van der Waals surface area contributed by atoms with E-state index in [0.29, 0.717) is 37.2 Å². The molecule has 1 aliphatic rings. The van der Waals surface area contributed by atoms with Crippen LogP contribution in [-0.4, -0.2) is 69.6 Å². The van der Waals surface area contributed by atoms with E-state index < -0.39 is 11.9 Å². The van der Waals surface area contributed by atoms with Crippen LogP contribution in [0.1, 0.15) is 23.2 Å². The fourth-order valence-electron chi connectivity index (χ4n) is 3.24. The molecule has 3 rings (SSSR count). The van der Waals surface area contributed by atoms with Gasteiger partial charge in [0.05, 0.1) is 29.9 Å². The Kier molecular flexibility index (Phi) is 5.72. The summed E-state index contributed by atoms with van der Waals surface area (Å²) in [5.41, 5.74) is 1.34. The number of halogens is 1. The van der Waals surface area contributed by atoms with E-state index in [-0.39, 0.29) is 29.7 Å². The van der Waals surface area contributed by atoms with Crippen molar-refractivity contribution in [2.75, 3.05) is 26.7 Å². The second kappa shape index (κ2) is 8.20. The molecule has 2 N–H and O–H groups in total. The number of likely N-dealkylation sites (tertiary alicyclic amines) is 1. The van der Waals surface area contributed by atoms with Gasteiger partial charge in [0, 0.05) is 25.7 Å². The van der Waals surface area contributed by atoms with E-state index in [4.69, 9.17) is 5.11 Å². The lowest BCUT2D eigenvalue weighted by Crippen LogP contribution is -2.45. The first-order chi connectivity index (χ1) is 13.4. The number of H-pyrrole nitrogens is 1. The van der Waals surface area contributed by atoms with Crippen LogP contribution in [0.4, 0.5) is 4.39 Å². The monoisotopic (exact) mass is 388 g/mol. The smallest absolute Gasteiger partial charge is 0.306 e. The number of piperidine rings is 1. The van der Waals surface area contributed by atoms with Crippen LogP contribution in [0, 0.1) is 11.7 Å². The first kappa shape index (κ1) is 19.5. The molecule has 9 heteroatoms. The molecular weight excluding hydrogens is 367 g/mol. The quantitative estimate of drug-likeness (QED) is 0.809. The standard InChI is InChI=1S/C19H21FN4O4/c1-23(11-16(25)24-8-6-13(7-9-24)19(27)28)18(26)15-10-21-22-17(15)12-2-4-14(20)5-3-12/h2-5,10,13H,6-9,11H2,1H3,(H,21,22)(H,27,28). The fraction of sp³-hybridized carbons (Fsp3) is 0.368. The maximum Gasteiger partial charge on any atom is 0.306 e. The highest BCUT2D eigenvalue weighted by atomic mass is 19.1. The van der Waals surface area contributed by atoms with E-state index in [9.17, 15) is 18.8 Å². The Balaban J connectivity index is 1.64. The molecule has 148 valence electrons. The average Bonchev–Trinajstić information content (AvgIpc) is 3.17.